The van der Waals surface area contributed by atoms with Crippen molar-refractivity contribution in [2.45, 2.75) is 6.54 Å². The molecule has 0 saturated heterocycles. The number of esters is 1. The predicted molar refractivity (Wildman–Crippen MR) is 103 cm³/mol. The Kier molecular flexibility index (Phi) is 4.24. The molecule has 3 aromatic rings. The van der Waals surface area contributed by atoms with E-state index in [4.69, 9.17) is 14.2 Å². The number of anilines is 1. The summed E-state index contributed by atoms with van der Waals surface area (Å²) in [6.07, 6.45) is 0. The van der Waals surface area contributed by atoms with E-state index in [1.54, 1.807) is 37.3 Å². The number of rotatable bonds is 4. The Balaban J connectivity index is 1.75. The molecule has 27 heavy (non-hydrogen) atoms. The lowest BCUT2D eigenvalue weighted by atomic mass is 10.1. The fourth-order valence-corrected chi connectivity index (χ4v) is 4.46. The number of benzene rings is 2. The molecule has 0 radical (unpaired) electrons. The quantitative estimate of drug-likeness (QED) is 0.640. The smallest absolute Gasteiger partial charge is 0.337 e. The molecule has 7 heteroatoms. The zero-order valence-corrected chi connectivity index (χ0v) is 15.9. The van der Waals surface area contributed by atoms with Gasteiger partial charge in [0.2, 0.25) is 0 Å². The number of carbonyl (C=O) groups is 2. The largest absolute Gasteiger partial charge is 0.493 e. The van der Waals surface area contributed by atoms with Gasteiger partial charge >= 0.3 is 5.97 Å². The first-order valence-corrected chi connectivity index (χ1v) is 9.06. The predicted octanol–water partition coefficient (Wildman–Crippen LogP) is 3.87. The lowest BCUT2D eigenvalue weighted by Gasteiger charge is -2.17. The Labute approximate surface area is 159 Å². The number of nitrogens with zero attached hydrogens (tertiary/aromatic N) is 1. The summed E-state index contributed by atoms with van der Waals surface area (Å²) < 4.78 is 16.5. The minimum Gasteiger partial charge on any atom is -0.493 e. The molecule has 138 valence electrons. The average Bonchev–Trinajstić information content (AvgIpc) is 3.22. The molecule has 0 saturated carbocycles. The highest BCUT2D eigenvalue weighted by Gasteiger charge is 2.33. The van der Waals surface area contributed by atoms with Gasteiger partial charge in [0, 0.05) is 27.4 Å². The minimum absolute atomic E-state index is 0.0776. The number of thiophene rings is 1. The summed E-state index contributed by atoms with van der Waals surface area (Å²) in [7, 11) is 4.51. The van der Waals surface area contributed by atoms with E-state index in [1.807, 2.05) is 18.2 Å². The lowest BCUT2D eigenvalue weighted by molar-refractivity contribution is 0.0600. The van der Waals surface area contributed by atoms with Gasteiger partial charge in [-0.1, -0.05) is 6.07 Å². The second-order valence-corrected chi connectivity index (χ2v) is 7.10. The first kappa shape index (κ1) is 17.4. The van der Waals surface area contributed by atoms with Crippen LogP contribution in [-0.2, 0) is 11.3 Å². The number of methoxy groups -OCH3 is 3. The summed E-state index contributed by atoms with van der Waals surface area (Å²) in [6.45, 7) is 0.439. The van der Waals surface area contributed by atoms with Crippen LogP contribution in [0.4, 0.5) is 5.69 Å². The lowest BCUT2D eigenvalue weighted by Crippen LogP contribution is -2.23. The van der Waals surface area contributed by atoms with Crippen molar-refractivity contribution in [3.8, 4) is 11.5 Å². The van der Waals surface area contributed by atoms with Crippen LogP contribution in [-0.4, -0.2) is 33.2 Å². The van der Waals surface area contributed by atoms with Crippen molar-refractivity contribution in [3.63, 3.8) is 0 Å². The summed E-state index contributed by atoms with van der Waals surface area (Å²) in [6, 6.07) is 10.7. The average molecular weight is 383 g/mol. The van der Waals surface area contributed by atoms with Gasteiger partial charge in [0.25, 0.3) is 5.91 Å². The van der Waals surface area contributed by atoms with Crippen molar-refractivity contribution in [1.82, 2.24) is 0 Å². The van der Waals surface area contributed by atoms with Crippen LogP contribution in [0, 0.1) is 0 Å². The summed E-state index contributed by atoms with van der Waals surface area (Å²) in [4.78, 5) is 27.1. The van der Waals surface area contributed by atoms with Gasteiger partial charge in [-0.25, -0.2) is 4.79 Å². The fraction of sp³-hybridized carbons (Fsp3) is 0.200. The summed E-state index contributed by atoms with van der Waals surface area (Å²) >= 11 is 1.44. The molecule has 4 rings (SSSR count). The van der Waals surface area contributed by atoms with Crippen LogP contribution in [0.3, 0.4) is 0 Å². The minimum atomic E-state index is -0.430. The number of carbonyl (C=O) groups excluding carboxylic acids is 2. The molecule has 2 heterocycles. The van der Waals surface area contributed by atoms with E-state index in [0.29, 0.717) is 34.2 Å². The van der Waals surface area contributed by atoms with Crippen molar-refractivity contribution in [3.05, 3.63) is 52.4 Å². The Morgan fingerprint density at radius 1 is 1.07 bits per heavy atom. The zero-order valence-electron chi connectivity index (χ0n) is 15.1. The summed E-state index contributed by atoms with van der Waals surface area (Å²) in [5.41, 5.74) is 2.04. The maximum absolute atomic E-state index is 13.0. The van der Waals surface area contributed by atoms with Crippen molar-refractivity contribution in [2.75, 3.05) is 26.2 Å². The van der Waals surface area contributed by atoms with Crippen molar-refractivity contribution in [1.29, 1.82) is 0 Å². The van der Waals surface area contributed by atoms with Crippen LogP contribution in [0.5, 0.6) is 11.5 Å². The van der Waals surface area contributed by atoms with Crippen LogP contribution in [0.2, 0.25) is 0 Å². The van der Waals surface area contributed by atoms with E-state index >= 15 is 0 Å². The fourth-order valence-electron chi connectivity index (χ4n) is 3.28. The molecule has 1 aliphatic heterocycles. The number of hydrogen-bond acceptors (Lipinski definition) is 6. The van der Waals surface area contributed by atoms with Gasteiger partial charge in [-0.15, -0.1) is 11.3 Å². The van der Waals surface area contributed by atoms with E-state index in [2.05, 4.69) is 0 Å². The first-order valence-electron chi connectivity index (χ1n) is 8.25. The molecule has 1 aromatic heterocycles. The van der Waals surface area contributed by atoms with Crippen molar-refractivity contribution in [2.24, 2.45) is 0 Å². The number of ether oxygens (including phenoxy) is 3. The van der Waals surface area contributed by atoms with Crippen LogP contribution >= 0.6 is 11.3 Å². The van der Waals surface area contributed by atoms with Gasteiger partial charge in [0.05, 0.1) is 38.3 Å². The van der Waals surface area contributed by atoms with Crippen LogP contribution in [0.1, 0.15) is 25.6 Å². The van der Waals surface area contributed by atoms with Gasteiger partial charge in [-0.3, -0.25) is 4.79 Å². The molecule has 0 N–H and O–H groups in total. The Hall–Kier alpha value is -3.06. The van der Waals surface area contributed by atoms with E-state index in [9.17, 15) is 9.59 Å². The molecule has 0 spiro atoms. The van der Waals surface area contributed by atoms with E-state index in [1.165, 1.54) is 18.4 Å². The molecule has 1 amide bonds. The molecule has 0 bridgehead atoms. The molecule has 1 aliphatic rings. The number of hydrogen-bond donors (Lipinski definition) is 0. The molecule has 0 aliphatic carbocycles. The maximum Gasteiger partial charge on any atom is 0.337 e. The van der Waals surface area contributed by atoms with Crippen molar-refractivity contribution >= 4 is 39.0 Å². The Bertz CT molecular complexity index is 1070. The van der Waals surface area contributed by atoms with Crippen molar-refractivity contribution < 1.29 is 23.8 Å². The topological polar surface area (TPSA) is 65.1 Å². The molecular weight excluding hydrogens is 366 g/mol. The molecule has 0 unspecified atom stereocenters. The third-order valence-corrected chi connectivity index (χ3v) is 5.81. The van der Waals surface area contributed by atoms with Gasteiger partial charge in [0.1, 0.15) is 0 Å². The maximum atomic E-state index is 13.0. The Morgan fingerprint density at radius 2 is 1.81 bits per heavy atom. The van der Waals surface area contributed by atoms with Gasteiger partial charge in [0.15, 0.2) is 11.5 Å². The normalized spacial score (nSPS) is 13.0. The molecular formula is C20H17NO5S. The SMILES string of the molecule is COC(=O)c1cccc(N2Cc3c(sc4cc(OC)c(OC)cc34)C2=O)c1. The van der Waals surface area contributed by atoms with E-state index in [-0.39, 0.29) is 5.91 Å². The highest BCUT2D eigenvalue weighted by Crippen LogP contribution is 2.43. The molecule has 0 fully saturated rings. The summed E-state index contributed by atoms with van der Waals surface area (Å²) in [5.74, 6) is 0.760. The van der Waals surface area contributed by atoms with Crippen LogP contribution in [0.15, 0.2) is 36.4 Å². The standard InChI is InChI=1S/C20H17NO5S/c1-24-15-8-13-14-10-21(12-6-4-5-11(7-12)20(23)26-3)19(22)18(14)27-17(13)9-16(15)25-2/h4-9H,10H2,1-3H3. The molecule has 0 atom stereocenters. The first-order chi connectivity index (χ1) is 13.1. The second-order valence-electron chi connectivity index (χ2n) is 6.05. The second kappa shape index (κ2) is 6.59. The van der Waals surface area contributed by atoms with Crippen LogP contribution < -0.4 is 14.4 Å². The van der Waals surface area contributed by atoms with Crippen LogP contribution in [0.25, 0.3) is 10.1 Å². The molecule has 6 nitrogen and oxygen atoms in total. The van der Waals surface area contributed by atoms with Gasteiger partial charge < -0.3 is 19.1 Å². The van der Waals surface area contributed by atoms with Gasteiger partial charge in [-0.05, 0) is 24.3 Å². The zero-order chi connectivity index (χ0) is 19.1. The third-order valence-electron chi connectivity index (χ3n) is 4.63. The third kappa shape index (κ3) is 2.71. The van der Waals surface area contributed by atoms with E-state index in [0.717, 1.165) is 15.6 Å². The highest BCUT2D eigenvalue weighted by molar-refractivity contribution is 7.21. The highest BCUT2D eigenvalue weighted by atomic mass is 32.1. The number of fused-ring (bicyclic) bond motifs is 3. The van der Waals surface area contributed by atoms with Gasteiger partial charge in [-0.2, -0.15) is 0 Å². The summed E-state index contributed by atoms with van der Waals surface area (Å²) in [5, 5.41) is 0.979. The van der Waals surface area contributed by atoms with E-state index < -0.39 is 5.97 Å². The Morgan fingerprint density at radius 3 is 2.52 bits per heavy atom. The number of amides is 1. The molecule has 2 aromatic carbocycles. The monoisotopic (exact) mass is 383 g/mol.